The van der Waals surface area contributed by atoms with Gasteiger partial charge in [-0.25, -0.2) is 9.79 Å². The predicted octanol–water partition coefficient (Wildman–Crippen LogP) is 6.47. The SMILES string of the molecule is CCOC(=O)C1=C(C)N=c2s/c(=C/c3cc(Br)c(Sc4ccccc4)o3)c(=O)n2[C@@H]1c1c(OC)ccc2ccccc12. The zero-order valence-electron chi connectivity index (χ0n) is 22.9. The van der Waals surface area contributed by atoms with E-state index in [1.165, 1.54) is 23.1 Å². The molecular weight excluding hydrogens is 636 g/mol. The van der Waals surface area contributed by atoms with Crippen LogP contribution in [0.3, 0.4) is 0 Å². The van der Waals surface area contributed by atoms with Gasteiger partial charge in [-0.3, -0.25) is 9.36 Å². The third kappa shape index (κ3) is 5.14. The number of fused-ring (bicyclic) bond motifs is 2. The fraction of sp³-hybridized carbons (Fsp3) is 0.156. The summed E-state index contributed by atoms with van der Waals surface area (Å²) in [6.45, 7) is 3.71. The van der Waals surface area contributed by atoms with Crippen molar-refractivity contribution in [3.8, 4) is 5.75 Å². The van der Waals surface area contributed by atoms with Crippen LogP contribution in [0.1, 0.15) is 31.2 Å². The van der Waals surface area contributed by atoms with Crippen LogP contribution in [0.5, 0.6) is 5.75 Å². The molecule has 0 aliphatic carbocycles. The van der Waals surface area contributed by atoms with E-state index in [9.17, 15) is 9.59 Å². The third-order valence-corrected chi connectivity index (χ3v) is 9.67. The summed E-state index contributed by atoms with van der Waals surface area (Å²) >= 11 is 6.31. The highest BCUT2D eigenvalue weighted by Gasteiger charge is 2.36. The average molecular weight is 662 g/mol. The van der Waals surface area contributed by atoms with Crippen molar-refractivity contribution in [1.29, 1.82) is 0 Å². The minimum atomic E-state index is -0.809. The zero-order chi connectivity index (χ0) is 29.4. The van der Waals surface area contributed by atoms with E-state index in [-0.39, 0.29) is 12.2 Å². The molecule has 0 amide bonds. The lowest BCUT2D eigenvalue weighted by molar-refractivity contribution is -0.139. The van der Waals surface area contributed by atoms with E-state index in [1.807, 2.05) is 72.8 Å². The highest BCUT2D eigenvalue weighted by molar-refractivity contribution is 9.10. The first-order valence-electron chi connectivity index (χ1n) is 13.2. The number of rotatable bonds is 7. The molecule has 1 atom stereocenters. The molecule has 3 aromatic carbocycles. The number of carbonyl (C=O) groups is 1. The number of ether oxygens (including phenoxy) is 2. The number of methoxy groups -OCH3 is 1. The van der Waals surface area contributed by atoms with Crippen molar-refractivity contribution in [2.75, 3.05) is 13.7 Å². The van der Waals surface area contributed by atoms with Crippen molar-refractivity contribution < 1.29 is 18.7 Å². The molecule has 7 nitrogen and oxygen atoms in total. The summed E-state index contributed by atoms with van der Waals surface area (Å²) in [5.74, 6) is 0.555. The maximum atomic E-state index is 14.2. The molecule has 0 saturated heterocycles. The summed E-state index contributed by atoms with van der Waals surface area (Å²) in [7, 11) is 1.58. The quantitative estimate of drug-likeness (QED) is 0.186. The highest BCUT2D eigenvalue weighted by atomic mass is 79.9. The maximum Gasteiger partial charge on any atom is 0.338 e. The molecule has 6 rings (SSSR count). The van der Waals surface area contributed by atoms with E-state index in [4.69, 9.17) is 18.9 Å². The largest absolute Gasteiger partial charge is 0.496 e. The van der Waals surface area contributed by atoms with Gasteiger partial charge in [0.15, 0.2) is 9.89 Å². The molecule has 3 heterocycles. The molecule has 212 valence electrons. The molecular formula is C32H25BrN2O5S2. The van der Waals surface area contributed by atoms with Gasteiger partial charge in [0.1, 0.15) is 17.6 Å². The Bertz CT molecular complexity index is 2040. The van der Waals surface area contributed by atoms with Crippen molar-refractivity contribution >= 4 is 61.8 Å². The first-order valence-corrected chi connectivity index (χ1v) is 15.6. The van der Waals surface area contributed by atoms with Crippen LogP contribution < -0.4 is 19.6 Å². The van der Waals surface area contributed by atoms with Gasteiger partial charge in [-0.2, -0.15) is 0 Å². The van der Waals surface area contributed by atoms with Gasteiger partial charge in [0.25, 0.3) is 5.56 Å². The Morgan fingerprint density at radius 3 is 2.67 bits per heavy atom. The lowest BCUT2D eigenvalue weighted by Gasteiger charge is -2.27. The van der Waals surface area contributed by atoms with Gasteiger partial charge < -0.3 is 13.9 Å². The Morgan fingerprint density at radius 1 is 1.14 bits per heavy atom. The number of benzene rings is 3. The number of aromatic nitrogens is 1. The lowest BCUT2D eigenvalue weighted by Crippen LogP contribution is -2.40. The van der Waals surface area contributed by atoms with E-state index < -0.39 is 12.0 Å². The first-order chi connectivity index (χ1) is 20.4. The number of thiazole rings is 1. The Morgan fingerprint density at radius 2 is 1.90 bits per heavy atom. The molecule has 0 N–H and O–H groups in total. The molecule has 42 heavy (non-hydrogen) atoms. The first kappa shape index (κ1) is 28.3. The number of furan rings is 1. The number of hydrogen-bond acceptors (Lipinski definition) is 8. The van der Waals surface area contributed by atoms with Crippen molar-refractivity contribution in [3.05, 3.63) is 120 Å². The van der Waals surface area contributed by atoms with E-state index >= 15 is 0 Å². The monoisotopic (exact) mass is 660 g/mol. The minimum Gasteiger partial charge on any atom is -0.496 e. The maximum absolute atomic E-state index is 14.2. The molecule has 0 saturated carbocycles. The smallest absolute Gasteiger partial charge is 0.338 e. The van der Waals surface area contributed by atoms with Gasteiger partial charge in [-0.15, -0.1) is 0 Å². The molecule has 0 unspecified atom stereocenters. The summed E-state index contributed by atoms with van der Waals surface area (Å²) in [6.07, 6.45) is 1.71. The second kappa shape index (κ2) is 11.8. The second-order valence-corrected chi connectivity index (χ2v) is 12.3. The van der Waals surface area contributed by atoms with E-state index in [2.05, 4.69) is 15.9 Å². The van der Waals surface area contributed by atoms with E-state index in [0.29, 0.717) is 42.8 Å². The molecule has 0 spiro atoms. The second-order valence-electron chi connectivity index (χ2n) is 9.40. The highest BCUT2D eigenvalue weighted by Crippen LogP contribution is 2.40. The summed E-state index contributed by atoms with van der Waals surface area (Å²) in [5, 5.41) is 2.50. The molecule has 0 bridgehead atoms. The minimum absolute atomic E-state index is 0.191. The van der Waals surface area contributed by atoms with Gasteiger partial charge in [-0.1, -0.05) is 71.6 Å². The van der Waals surface area contributed by atoms with Crippen LogP contribution in [0.15, 0.2) is 113 Å². The van der Waals surface area contributed by atoms with Crippen LogP contribution in [0.25, 0.3) is 16.8 Å². The van der Waals surface area contributed by atoms with Gasteiger partial charge in [0.2, 0.25) is 0 Å². The Hall–Kier alpha value is -3.86. The average Bonchev–Trinajstić information content (AvgIpc) is 3.49. The Kier molecular flexibility index (Phi) is 7.94. The summed E-state index contributed by atoms with van der Waals surface area (Å²) in [4.78, 5) is 33.8. The van der Waals surface area contributed by atoms with Crippen molar-refractivity contribution in [1.82, 2.24) is 4.57 Å². The van der Waals surface area contributed by atoms with E-state index in [0.717, 1.165) is 20.1 Å². The standard InChI is InChI=1S/C32H25BrN2O5S2/c1-4-39-30(37)26-18(2)34-32-35(28(26)27-22-13-9-8-10-19(22)14-15-24(27)38-3)29(36)25(42-32)17-20-16-23(33)31(40-20)41-21-11-6-5-7-12-21/h5-17,28H,4H2,1-3H3/b25-17+/t28-/m0/s1. The molecule has 5 aromatic rings. The lowest BCUT2D eigenvalue weighted by atomic mass is 9.90. The van der Waals surface area contributed by atoms with Crippen molar-refractivity contribution in [2.45, 2.75) is 29.9 Å². The number of halogens is 1. The molecule has 2 aromatic heterocycles. The molecule has 0 radical (unpaired) electrons. The fourth-order valence-corrected chi connectivity index (χ4v) is 7.41. The fourth-order valence-electron chi connectivity index (χ4n) is 5.03. The predicted molar refractivity (Wildman–Crippen MR) is 168 cm³/mol. The summed E-state index contributed by atoms with van der Waals surface area (Å²) < 4.78 is 20.2. The number of esters is 1. The third-order valence-electron chi connectivity index (χ3n) is 6.84. The van der Waals surface area contributed by atoms with Crippen LogP contribution in [0, 0.1) is 0 Å². The van der Waals surface area contributed by atoms with Gasteiger partial charge >= 0.3 is 5.97 Å². The summed E-state index contributed by atoms with van der Waals surface area (Å²) in [5.41, 5.74) is 1.19. The van der Waals surface area contributed by atoms with Crippen molar-refractivity contribution in [3.63, 3.8) is 0 Å². The Labute approximate surface area is 257 Å². The number of allylic oxidation sites excluding steroid dienone is 1. The summed E-state index contributed by atoms with van der Waals surface area (Å²) in [6, 6.07) is 22.6. The molecule has 1 aliphatic rings. The molecule has 10 heteroatoms. The van der Waals surface area contributed by atoms with Crippen LogP contribution in [0.4, 0.5) is 0 Å². The van der Waals surface area contributed by atoms with Crippen LogP contribution >= 0.6 is 39.0 Å². The van der Waals surface area contributed by atoms with Crippen LogP contribution in [-0.2, 0) is 9.53 Å². The van der Waals surface area contributed by atoms with Crippen LogP contribution in [0.2, 0.25) is 0 Å². The number of nitrogens with zero attached hydrogens (tertiary/aromatic N) is 2. The van der Waals surface area contributed by atoms with Gasteiger partial charge in [0.05, 0.1) is 34.0 Å². The number of hydrogen-bond donors (Lipinski definition) is 0. The Balaban J connectivity index is 1.55. The van der Waals surface area contributed by atoms with Crippen LogP contribution in [-0.4, -0.2) is 24.3 Å². The number of carbonyl (C=O) groups excluding carboxylic acids is 1. The molecule has 1 aliphatic heterocycles. The van der Waals surface area contributed by atoms with Gasteiger partial charge in [-0.05, 0) is 64.8 Å². The molecule has 0 fully saturated rings. The van der Waals surface area contributed by atoms with Crippen molar-refractivity contribution in [2.24, 2.45) is 4.99 Å². The van der Waals surface area contributed by atoms with E-state index in [1.54, 1.807) is 31.6 Å². The van der Waals surface area contributed by atoms with Gasteiger partial charge in [0, 0.05) is 16.5 Å². The zero-order valence-corrected chi connectivity index (χ0v) is 26.1. The topological polar surface area (TPSA) is 83.0 Å². The normalized spacial score (nSPS) is 15.0.